The average molecular weight is 535 g/mol. The molecule has 0 radical (unpaired) electrons. The molecule has 3 aromatic carbocycles. The number of H-pyrrole nitrogens is 1. The Labute approximate surface area is 219 Å². The van der Waals surface area contributed by atoms with E-state index < -0.39 is 10.5 Å². The van der Waals surface area contributed by atoms with Gasteiger partial charge in [-0.2, -0.15) is 10.4 Å². The van der Waals surface area contributed by atoms with E-state index in [4.69, 9.17) is 27.9 Å². The lowest BCUT2D eigenvalue weighted by atomic mass is 10.1. The molecule has 0 amide bonds. The van der Waals surface area contributed by atoms with E-state index in [1.807, 2.05) is 6.07 Å². The van der Waals surface area contributed by atoms with Gasteiger partial charge >= 0.3 is 5.69 Å². The lowest BCUT2D eigenvalue weighted by Crippen LogP contribution is -2.16. The molecule has 10 nitrogen and oxygen atoms in total. The zero-order valence-electron chi connectivity index (χ0n) is 18.8. The van der Waals surface area contributed by atoms with Crippen molar-refractivity contribution in [1.29, 1.82) is 5.26 Å². The largest absolute Gasteiger partial charge is 0.482 e. The van der Waals surface area contributed by atoms with Gasteiger partial charge in [0, 0.05) is 17.2 Å². The van der Waals surface area contributed by atoms with E-state index in [1.54, 1.807) is 54.6 Å². The van der Waals surface area contributed by atoms with Gasteiger partial charge in [-0.25, -0.2) is 10.4 Å². The van der Waals surface area contributed by atoms with Gasteiger partial charge in [0.2, 0.25) is 5.95 Å². The van der Waals surface area contributed by atoms with Crippen molar-refractivity contribution in [3.8, 4) is 23.1 Å². The SMILES string of the molecule is N#Cc1c(-c2ccccc2)nc(NN=Cc2ccc(OCc3ccc(Cl)c(Cl)c3)c([N+](=O)[O-])c2)[nH]c1=O. The summed E-state index contributed by atoms with van der Waals surface area (Å²) in [7, 11) is 0. The summed E-state index contributed by atoms with van der Waals surface area (Å²) >= 11 is 11.9. The molecule has 0 spiro atoms. The Morgan fingerprint density at radius 2 is 1.92 bits per heavy atom. The molecule has 0 bridgehead atoms. The number of halogens is 2. The first-order chi connectivity index (χ1) is 17.9. The molecule has 4 rings (SSSR count). The van der Waals surface area contributed by atoms with Gasteiger partial charge in [-0.3, -0.25) is 19.9 Å². The van der Waals surface area contributed by atoms with E-state index in [1.165, 1.54) is 18.3 Å². The molecule has 12 heteroatoms. The Balaban J connectivity index is 1.52. The minimum atomic E-state index is -0.631. The smallest absolute Gasteiger partial charge is 0.311 e. The van der Waals surface area contributed by atoms with Crippen LogP contribution in [0, 0.1) is 21.4 Å². The van der Waals surface area contributed by atoms with E-state index in [9.17, 15) is 20.2 Å². The fourth-order valence-electron chi connectivity index (χ4n) is 3.27. The highest BCUT2D eigenvalue weighted by Crippen LogP contribution is 2.29. The number of hydrogen-bond acceptors (Lipinski definition) is 8. The first-order valence-electron chi connectivity index (χ1n) is 10.6. The Hall–Kier alpha value is -4.72. The predicted molar refractivity (Wildman–Crippen MR) is 140 cm³/mol. The van der Waals surface area contributed by atoms with Gasteiger partial charge in [0.1, 0.15) is 18.2 Å². The van der Waals surface area contributed by atoms with Crippen LogP contribution in [-0.4, -0.2) is 21.1 Å². The Bertz CT molecular complexity index is 1600. The van der Waals surface area contributed by atoms with Gasteiger partial charge in [0.05, 0.1) is 26.9 Å². The number of hydrogen-bond donors (Lipinski definition) is 2. The van der Waals surface area contributed by atoms with Gasteiger partial charge < -0.3 is 4.74 Å². The van der Waals surface area contributed by atoms with Crippen molar-refractivity contribution in [2.75, 3.05) is 5.43 Å². The van der Waals surface area contributed by atoms with Gasteiger partial charge in [-0.15, -0.1) is 0 Å². The van der Waals surface area contributed by atoms with Gasteiger partial charge in [-0.05, 0) is 29.8 Å². The number of aromatic amines is 1. The second-order valence-corrected chi connectivity index (χ2v) is 8.32. The Kier molecular flexibility index (Phi) is 7.78. The van der Waals surface area contributed by atoms with E-state index in [-0.39, 0.29) is 35.2 Å². The van der Waals surface area contributed by atoms with Crippen molar-refractivity contribution in [2.45, 2.75) is 6.61 Å². The maximum absolute atomic E-state index is 12.3. The van der Waals surface area contributed by atoms with Crippen LogP contribution in [-0.2, 0) is 6.61 Å². The van der Waals surface area contributed by atoms with Crippen LogP contribution in [0.5, 0.6) is 5.75 Å². The number of hydrazone groups is 1. The summed E-state index contributed by atoms with van der Waals surface area (Å²) in [5.74, 6) is 0.0574. The zero-order chi connectivity index (χ0) is 26.4. The molecule has 0 fully saturated rings. The molecule has 2 N–H and O–H groups in total. The number of aromatic nitrogens is 2. The lowest BCUT2D eigenvalue weighted by Gasteiger charge is -2.08. The van der Waals surface area contributed by atoms with E-state index in [0.717, 1.165) is 0 Å². The summed E-state index contributed by atoms with van der Waals surface area (Å²) in [4.78, 5) is 30.1. The van der Waals surface area contributed by atoms with Gasteiger partial charge in [0.15, 0.2) is 5.75 Å². The van der Waals surface area contributed by atoms with Gasteiger partial charge in [-0.1, -0.05) is 59.6 Å². The molecule has 0 aliphatic carbocycles. The summed E-state index contributed by atoms with van der Waals surface area (Å²) in [6, 6.07) is 19.9. The monoisotopic (exact) mass is 534 g/mol. The maximum atomic E-state index is 12.3. The van der Waals surface area contributed by atoms with Crippen LogP contribution >= 0.6 is 23.2 Å². The van der Waals surface area contributed by atoms with Crippen molar-refractivity contribution >= 4 is 41.1 Å². The summed E-state index contributed by atoms with van der Waals surface area (Å²) in [6.45, 7) is 0.0498. The third kappa shape index (κ3) is 6.10. The third-order valence-corrected chi connectivity index (χ3v) is 5.76. The van der Waals surface area contributed by atoms with Gasteiger partial charge in [0.25, 0.3) is 5.56 Å². The van der Waals surface area contributed by atoms with Crippen molar-refractivity contribution < 1.29 is 9.66 Å². The van der Waals surface area contributed by atoms with Crippen molar-refractivity contribution in [2.24, 2.45) is 5.10 Å². The molecule has 0 saturated heterocycles. The molecule has 37 heavy (non-hydrogen) atoms. The van der Waals surface area contributed by atoms with E-state index in [2.05, 4.69) is 20.5 Å². The quantitative estimate of drug-likeness (QED) is 0.171. The fraction of sp³-hybridized carbons (Fsp3) is 0.0400. The summed E-state index contributed by atoms with van der Waals surface area (Å²) in [5.41, 5.74) is 3.42. The second-order valence-electron chi connectivity index (χ2n) is 7.51. The van der Waals surface area contributed by atoms with E-state index in [0.29, 0.717) is 26.7 Å². The fourth-order valence-corrected chi connectivity index (χ4v) is 3.59. The highest BCUT2D eigenvalue weighted by molar-refractivity contribution is 6.42. The van der Waals surface area contributed by atoms with Crippen LogP contribution in [0.1, 0.15) is 16.7 Å². The zero-order valence-corrected chi connectivity index (χ0v) is 20.3. The molecule has 0 unspecified atom stereocenters. The third-order valence-electron chi connectivity index (χ3n) is 5.02. The molecule has 1 aromatic heterocycles. The number of anilines is 1. The summed E-state index contributed by atoms with van der Waals surface area (Å²) in [6.07, 6.45) is 1.32. The minimum Gasteiger partial charge on any atom is -0.482 e. The number of nitriles is 1. The topological polar surface area (TPSA) is 146 Å². The van der Waals surface area contributed by atoms with Crippen molar-refractivity contribution in [3.63, 3.8) is 0 Å². The first kappa shape index (κ1) is 25.4. The van der Waals surface area contributed by atoms with Crippen molar-refractivity contribution in [3.05, 3.63) is 114 Å². The standard InChI is InChI=1S/C25H16Cl2N6O4/c26-19-8-6-16(10-20(19)27)14-37-22-9-7-15(11-21(22)33(35)36)13-29-32-25-30-23(17-4-2-1-3-5-17)18(12-28)24(34)31-25/h1-11,13H,14H2,(H2,30,31,32,34). The maximum Gasteiger partial charge on any atom is 0.311 e. The second kappa shape index (κ2) is 11.3. The van der Waals surface area contributed by atoms with E-state index >= 15 is 0 Å². The molecule has 1 heterocycles. The number of nitrogens with one attached hydrogen (secondary N) is 2. The highest BCUT2D eigenvalue weighted by atomic mass is 35.5. The highest BCUT2D eigenvalue weighted by Gasteiger charge is 2.16. The van der Waals surface area contributed by atoms with Crippen LogP contribution in [0.3, 0.4) is 0 Å². The number of ether oxygens (including phenoxy) is 1. The number of nitro benzene ring substituents is 1. The molecule has 0 saturated carbocycles. The number of nitro groups is 1. The number of nitrogens with zero attached hydrogens (tertiary/aromatic N) is 4. The Morgan fingerprint density at radius 1 is 1.14 bits per heavy atom. The van der Waals surface area contributed by atoms with Crippen LogP contribution in [0.2, 0.25) is 10.0 Å². The van der Waals surface area contributed by atoms with Crippen LogP contribution in [0.15, 0.2) is 76.6 Å². The number of rotatable bonds is 8. The molecule has 184 valence electrons. The summed E-state index contributed by atoms with van der Waals surface area (Å²) < 4.78 is 5.62. The minimum absolute atomic E-state index is 0.00446. The molecule has 4 aromatic rings. The number of benzene rings is 3. The van der Waals surface area contributed by atoms with Crippen LogP contribution in [0.4, 0.5) is 11.6 Å². The Morgan fingerprint density at radius 3 is 2.62 bits per heavy atom. The van der Waals surface area contributed by atoms with Crippen molar-refractivity contribution in [1.82, 2.24) is 9.97 Å². The molecular weight excluding hydrogens is 519 g/mol. The normalized spacial score (nSPS) is 10.7. The lowest BCUT2D eigenvalue weighted by molar-refractivity contribution is -0.385. The average Bonchev–Trinajstić information content (AvgIpc) is 2.90. The molecule has 0 aliphatic heterocycles. The predicted octanol–water partition coefficient (Wildman–Crippen LogP) is 5.55. The van der Waals surface area contributed by atoms with Crippen LogP contribution in [0.25, 0.3) is 11.3 Å². The van der Waals surface area contributed by atoms with Crippen LogP contribution < -0.4 is 15.7 Å². The molecule has 0 atom stereocenters. The first-order valence-corrected chi connectivity index (χ1v) is 11.4. The molecule has 0 aliphatic rings. The molecular formula is C25H16Cl2N6O4. The summed E-state index contributed by atoms with van der Waals surface area (Å²) in [5, 5.41) is 25.7.